The van der Waals surface area contributed by atoms with Gasteiger partial charge < -0.3 is 4.74 Å². The third-order valence-corrected chi connectivity index (χ3v) is 4.59. The van der Waals surface area contributed by atoms with Crippen LogP contribution in [0.1, 0.15) is 54.1 Å². The second-order valence-corrected chi connectivity index (χ2v) is 6.66. The first kappa shape index (κ1) is 17.0. The Morgan fingerprint density at radius 1 is 1.14 bits per heavy atom. The van der Waals surface area contributed by atoms with Crippen LogP contribution in [-0.2, 0) is 11.2 Å². The van der Waals surface area contributed by atoms with Gasteiger partial charge in [-0.05, 0) is 53.5 Å². The van der Waals surface area contributed by atoms with Crippen LogP contribution in [0.5, 0.6) is 0 Å². The number of carbonyl (C=O) groups is 1. The summed E-state index contributed by atoms with van der Waals surface area (Å²) in [6.07, 6.45) is 3.23. The van der Waals surface area contributed by atoms with Gasteiger partial charge in [-0.25, -0.2) is 4.79 Å². The molecule has 3 heteroatoms. The number of esters is 1. The lowest BCUT2D eigenvalue weighted by molar-refractivity contribution is 0.0602. The van der Waals surface area contributed by atoms with Gasteiger partial charge in [0.1, 0.15) is 0 Å². The van der Waals surface area contributed by atoms with Crippen molar-refractivity contribution in [3.8, 4) is 11.1 Å². The monoisotopic (exact) mass is 362 g/mol. The number of hydrogen-bond donors (Lipinski definition) is 0. The van der Waals surface area contributed by atoms with Gasteiger partial charge in [-0.15, -0.1) is 0 Å². The molecule has 0 heterocycles. The van der Waals surface area contributed by atoms with Gasteiger partial charge >= 0.3 is 5.97 Å². The molecular formula is C19H23BrO2. The summed E-state index contributed by atoms with van der Waals surface area (Å²) < 4.78 is 4.95. The number of fused-ring (bicyclic) bond motifs is 1. The molecule has 0 bridgehead atoms. The Balaban J connectivity index is 2.48. The number of hydrogen-bond acceptors (Lipinski definition) is 2. The second kappa shape index (κ2) is 7.77. The standard InChI is InChI=1S/C19H23BrO2/c1-13(2)14-7-9-16-15(6-4-5-11-20)12-18(19(21)22-3)17(16)10-8-14/h7-10,12-13H,4-6,11H2,1-3H3. The summed E-state index contributed by atoms with van der Waals surface area (Å²) in [6, 6.07) is 10.5. The number of ether oxygens (including phenoxy) is 1. The van der Waals surface area contributed by atoms with Crippen molar-refractivity contribution < 1.29 is 9.53 Å². The van der Waals surface area contributed by atoms with Crippen LogP contribution >= 0.6 is 15.9 Å². The van der Waals surface area contributed by atoms with Gasteiger partial charge in [-0.2, -0.15) is 0 Å². The van der Waals surface area contributed by atoms with E-state index in [1.807, 2.05) is 6.07 Å². The Morgan fingerprint density at radius 3 is 2.41 bits per heavy atom. The number of unbranched alkanes of at least 4 members (excludes halogenated alkanes) is 1. The van der Waals surface area contributed by atoms with Crippen LogP contribution in [0.3, 0.4) is 0 Å². The van der Waals surface area contributed by atoms with Gasteiger partial charge in [0, 0.05) is 5.33 Å². The first-order valence-corrected chi connectivity index (χ1v) is 8.90. The molecule has 2 rings (SSSR count). The molecule has 0 N–H and O–H groups in total. The Morgan fingerprint density at radius 2 is 1.82 bits per heavy atom. The van der Waals surface area contributed by atoms with Crippen LogP contribution < -0.4 is 0 Å². The first-order chi connectivity index (χ1) is 10.6. The fourth-order valence-electron chi connectivity index (χ4n) is 2.72. The maximum absolute atomic E-state index is 12.1. The van der Waals surface area contributed by atoms with E-state index in [0.717, 1.165) is 30.2 Å². The van der Waals surface area contributed by atoms with Crippen LogP contribution in [-0.4, -0.2) is 18.4 Å². The number of aryl methyl sites for hydroxylation is 1. The molecule has 22 heavy (non-hydrogen) atoms. The average molecular weight is 363 g/mol. The van der Waals surface area contributed by atoms with Gasteiger partial charge in [0.2, 0.25) is 0 Å². The Bertz CT molecular complexity index is 619. The summed E-state index contributed by atoms with van der Waals surface area (Å²) in [5, 5.41) is 1.01. The second-order valence-electron chi connectivity index (χ2n) is 5.87. The van der Waals surface area contributed by atoms with Crippen molar-refractivity contribution >= 4 is 21.9 Å². The highest BCUT2D eigenvalue weighted by Gasteiger charge is 2.20. The molecule has 2 aliphatic rings. The topological polar surface area (TPSA) is 26.3 Å². The van der Waals surface area contributed by atoms with E-state index in [0.29, 0.717) is 11.5 Å². The van der Waals surface area contributed by atoms with Gasteiger partial charge in [0.15, 0.2) is 0 Å². The molecule has 0 amide bonds. The van der Waals surface area contributed by atoms with Crippen molar-refractivity contribution in [2.24, 2.45) is 0 Å². The number of carbonyl (C=O) groups excluding carboxylic acids is 1. The van der Waals surface area contributed by atoms with Crippen molar-refractivity contribution in [2.45, 2.75) is 39.0 Å². The molecule has 2 nitrogen and oxygen atoms in total. The minimum atomic E-state index is -0.256. The van der Waals surface area contributed by atoms with E-state index in [9.17, 15) is 4.79 Å². The third-order valence-electron chi connectivity index (χ3n) is 4.03. The highest BCUT2D eigenvalue weighted by molar-refractivity contribution is 9.09. The van der Waals surface area contributed by atoms with E-state index >= 15 is 0 Å². The molecule has 0 aromatic carbocycles. The zero-order valence-electron chi connectivity index (χ0n) is 13.5. The molecular weight excluding hydrogens is 340 g/mol. The molecule has 118 valence electrons. The van der Waals surface area contributed by atoms with Crippen LogP contribution in [0.15, 0.2) is 30.3 Å². The zero-order valence-corrected chi connectivity index (χ0v) is 15.1. The molecule has 2 aliphatic carbocycles. The SMILES string of the molecule is COC(=O)c1cc(CCCCBr)c2ccc(C(C)C)ccc1-2. The van der Waals surface area contributed by atoms with Crippen LogP contribution in [0.25, 0.3) is 11.1 Å². The molecule has 0 aromatic rings. The summed E-state index contributed by atoms with van der Waals surface area (Å²) in [5.41, 5.74) is 5.35. The molecule has 0 saturated carbocycles. The minimum absolute atomic E-state index is 0.256. The first-order valence-electron chi connectivity index (χ1n) is 7.78. The lowest BCUT2D eigenvalue weighted by Crippen LogP contribution is -2.00. The highest BCUT2D eigenvalue weighted by Crippen LogP contribution is 2.34. The average Bonchev–Trinajstić information content (AvgIpc) is 2.70. The van der Waals surface area contributed by atoms with Gasteiger partial charge in [0.05, 0.1) is 12.7 Å². The van der Waals surface area contributed by atoms with Crippen molar-refractivity contribution in [1.82, 2.24) is 0 Å². The van der Waals surface area contributed by atoms with Crippen molar-refractivity contribution in [2.75, 3.05) is 12.4 Å². The molecule has 0 spiro atoms. The molecule has 0 unspecified atom stereocenters. The van der Waals surface area contributed by atoms with E-state index in [2.05, 4.69) is 54.0 Å². The summed E-state index contributed by atoms with van der Waals surface area (Å²) in [5.74, 6) is 0.212. The number of alkyl halides is 1. The largest absolute Gasteiger partial charge is 0.465 e. The van der Waals surface area contributed by atoms with Crippen LogP contribution in [0.4, 0.5) is 0 Å². The normalized spacial score (nSPS) is 11.1. The highest BCUT2D eigenvalue weighted by atomic mass is 79.9. The maximum Gasteiger partial charge on any atom is 0.338 e. The third kappa shape index (κ3) is 3.70. The molecule has 0 aromatic heterocycles. The fourth-order valence-corrected chi connectivity index (χ4v) is 3.12. The van der Waals surface area contributed by atoms with Crippen molar-refractivity contribution in [3.63, 3.8) is 0 Å². The Kier molecular flexibility index (Phi) is 6.01. The predicted molar refractivity (Wildman–Crippen MR) is 95.2 cm³/mol. The van der Waals surface area contributed by atoms with Crippen LogP contribution in [0, 0.1) is 0 Å². The minimum Gasteiger partial charge on any atom is -0.465 e. The molecule has 0 radical (unpaired) electrons. The quantitative estimate of drug-likeness (QED) is 0.389. The summed E-state index contributed by atoms with van der Waals surface area (Å²) in [4.78, 5) is 12.1. The van der Waals surface area contributed by atoms with E-state index in [1.54, 1.807) is 0 Å². The van der Waals surface area contributed by atoms with E-state index in [-0.39, 0.29) is 5.97 Å². The van der Waals surface area contributed by atoms with Crippen molar-refractivity contribution in [3.05, 3.63) is 47.0 Å². The lowest BCUT2D eigenvalue weighted by Gasteiger charge is -2.01. The Hall–Kier alpha value is -1.35. The van der Waals surface area contributed by atoms with Gasteiger partial charge in [-0.3, -0.25) is 0 Å². The number of methoxy groups -OCH3 is 1. The van der Waals surface area contributed by atoms with E-state index in [4.69, 9.17) is 4.74 Å². The number of halogens is 1. The van der Waals surface area contributed by atoms with Gasteiger partial charge in [-0.1, -0.05) is 54.0 Å². The lowest BCUT2D eigenvalue weighted by atomic mass is 10.0. The Labute approximate surface area is 141 Å². The number of rotatable bonds is 6. The smallest absolute Gasteiger partial charge is 0.338 e. The molecule has 0 aliphatic heterocycles. The predicted octanol–water partition coefficient (Wildman–Crippen LogP) is 5.42. The molecule has 0 fully saturated rings. The molecule has 0 saturated heterocycles. The van der Waals surface area contributed by atoms with Crippen molar-refractivity contribution in [1.29, 1.82) is 0 Å². The molecule has 0 atom stereocenters. The zero-order chi connectivity index (χ0) is 16.1. The summed E-state index contributed by atoms with van der Waals surface area (Å²) >= 11 is 3.47. The van der Waals surface area contributed by atoms with Crippen LogP contribution in [0.2, 0.25) is 0 Å². The fraction of sp³-hybridized carbons (Fsp3) is 0.421. The maximum atomic E-state index is 12.1. The summed E-state index contributed by atoms with van der Waals surface area (Å²) in [6.45, 7) is 4.36. The summed E-state index contributed by atoms with van der Waals surface area (Å²) in [7, 11) is 1.44. The van der Waals surface area contributed by atoms with E-state index < -0.39 is 0 Å². The van der Waals surface area contributed by atoms with Gasteiger partial charge in [0.25, 0.3) is 0 Å². The van der Waals surface area contributed by atoms with E-state index in [1.165, 1.54) is 23.8 Å².